The van der Waals surface area contributed by atoms with Crippen molar-refractivity contribution in [2.45, 2.75) is 38.1 Å². The Bertz CT molecular complexity index is 869. The largest absolute Gasteiger partial charge is 0.508 e. The van der Waals surface area contributed by atoms with E-state index in [9.17, 15) is 24.6 Å². The van der Waals surface area contributed by atoms with Gasteiger partial charge in [0.25, 0.3) is 0 Å². The molecule has 2 rings (SSSR count). The quantitative estimate of drug-likeness (QED) is 0.440. The molecule has 0 aliphatic heterocycles. The maximum atomic E-state index is 12.8. The molecule has 31 heavy (non-hydrogen) atoms. The summed E-state index contributed by atoms with van der Waals surface area (Å²) in [5.74, 6) is -1.47. The van der Waals surface area contributed by atoms with Crippen LogP contribution in [0.15, 0.2) is 54.6 Å². The second-order valence-corrected chi connectivity index (χ2v) is 6.88. The van der Waals surface area contributed by atoms with Crippen molar-refractivity contribution in [1.82, 2.24) is 10.6 Å². The van der Waals surface area contributed by atoms with Gasteiger partial charge in [0.2, 0.25) is 5.91 Å². The number of nitrogens with one attached hydrogen (secondary N) is 2. The molecule has 4 N–H and O–H groups in total. The number of methoxy groups -OCH3 is 1. The van der Waals surface area contributed by atoms with Gasteiger partial charge in [0.15, 0.2) is 6.04 Å². The van der Waals surface area contributed by atoms with E-state index in [1.54, 1.807) is 36.4 Å². The van der Waals surface area contributed by atoms with Crippen molar-refractivity contribution in [3.05, 3.63) is 65.7 Å². The summed E-state index contributed by atoms with van der Waals surface area (Å²) in [5.41, 5.74) is 1.42. The van der Waals surface area contributed by atoms with Crippen molar-refractivity contribution in [1.29, 1.82) is 0 Å². The van der Waals surface area contributed by atoms with Crippen LogP contribution in [0.1, 0.15) is 18.1 Å². The summed E-state index contributed by atoms with van der Waals surface area (Å²) in [7, 11) is 1.14. The molecule has 166 valence electrons. The van der Waals surface area contributed by atoms with E-state index < -0.39 is 36.2 Å². The third kappa shape index (κ3) is 7.63. The van der Waals surface area contributed by atoms with Gasteiger partial charge >= 0.3 is 12.1 Å². The normalized spacial score (nSPS) is 13.4. The first-order valence-corrected chi connectivity index (χ1v) is 9.61. The Kier molecular flexibility index (Phi) is 8.83. The average molecular weight is 430 g/mol. The topological polar surface area (TPSA) is 134 Å². The number of carbonyl (C=O) groups is 3. The number of esters is 1. The average Bonchev–Trinajstić information content (AvgIpc) is 2.76. The van der Waals surface area contributed by atoms with E-state index in [1.165, 1.54) is 19.1 Å². The Labute approximate surface area is 180 Å². The van der Waals surface area contributed by atoms with Crippen LogP contribution in [0.2, 0.25) is 0 Å². The number of ether oxygens (including phenoxy) is 2. The van der Waals surface area contributed by atoms with Gasteiger partial charge in [-0.25, -0.2) is 9.59 Å². The van der Waals surface area contributed by atoms with Crippen LogP contribution >= 0.6 is 0 Å². The number of rotatable bonds is 9. The smallest absolute Gasteiger partial charge is 0.408 e. The number of aliphatic hydroxyl groups excluding tert-OH is 1. The summed E-state index contributed by atoms with van der Waals surface area (Å²) in [5, 5.41) is 24.1. The predicted molar refractivity (Wildman–Crippen MR) is 111 cm³/mol. The highest BCUT2D eigenvalue weighted by Crippen LogP contribution is 2.12. The predicted octanol–water partition coefficient (Wildman–Crippen LogP) is 1.27. The van der Waals surface area contributed by atoms with E-state index in [0.29, 0.717) is 5.56 Å². The number of carbonyl (C=O) groups excluding carboxylic acids is 3. The molecule has 9 nitrogen and oxygen atoms in total. The summed E-state index contributed by atoms with van der Waals surface area (Å²) < 4.78 is 9.78. The number of aliphatic hydroxyl groups is 1. The molecule has 2 aromatic rings. The van der Waals surface area contributed by atoms with Gasteiger partial charge < -0.3 is 30.3 Å². The number of alkyl carbamates (subject to hydrolysis) is 1. The Morgan fingerprint density at radius 2 is 1.61 bits per heavy atom. The van der Waals surface area contributed by atoms with Gasteiger partial charge in [-0.15, -0.1) is 0 Å². The number of phenols is 1. The number of hydrogen-bond acceptors (Lipinski definition) is 7. The SMILES string of the molecule is COC(=O)[C@@H](NC(=O)[C@@H](Cc1ccc(O)cc1)NC(=O)OCc1ccccc1)[C@@H](C)O. The summed E-state index contributed by atoms with van der Waals surface area (Å²) in [4.78, 5) is 37.0. The van der Waals surface area contributed by atoms with Crippen LogP contribution in [0.4, 0.5) is 4.79 Å². The molecule has 0 saturated carbocycles. The van der Waals surface area contributed by atoms with Crippen LogP contribution in [0.25, 0.3) is 0 Å². The highest BCUT2D eigenvalue weighted by Gasteiger charge is 2.30. The van der Waals surface area contributed by atoms with Crippen LogP contribution in [0, 0.1) is 0 Å². The van der Waals surface area contributed by atoms with Crippen molar-refractivity contribution in [3.8, 4) is 5.75 Å². The monoisotopic (exact) mass is 430 g/mol. The molecule has 0 fully saturated rings. The summed E-state index contributed by atoms with van der Waals surface area (Å²) in [6, 6.07) is 12.7. The molecule has 2 amide bonds. The van der Waals surface area contributed by atoms with Crippen LogP contribution in [0.3, 0.4) is 0 Å². The third-order valence-electron chi connectivity index (χ3n) is 4.43. The first kappa shape index (κ1) is 23.7. The first-order chi connectivity index (χ1) is 14.8. The Balaban J connectivity index is 2.10. The van der Waals surface area contributed by atoms with Crippen molar-refractivity contribution >= 4 is 18.0 Å². The van der Waals surface area contributed by atoms with Crippen LogP contribution in [0.5, 0.6) is 5.75 Å². The molecule has 0 heterocycles. The molecule has 0 radical (unpaired) electrons. The van der Waals surface area contributed by atoms with Gasteiger partial charge in [-0.1, -0.05) is 42.5 Å². The zero-order valence-electron chi connectivity index (χ0n) is 17.3. The van der Waals surface area contributed by atoms with Gasteiger partial charge in [-0.3, -0.25) is 4.79 Å². The van der Waals surface area contributed by atoms with E-state index in [4.69, 9.17) is 4.74 Å². The zero-order valence-corrected chi connectivity index (χ0v) is 17.3. The second-order valence-electron chi connectivity index (χ2n) is 6.88. The van der Waals surface area contributed by atoms with Crippen LogP contribution < -0.4 is 10.6 Å². The minimum Gasteiger partial charge on any atom is -0.508 e. The fourth-order valence-electron chi connectivity index (χ4n) is 2.74. The number of benzene rings is 2. The maximum Gasteiger partial charge on any atom is 0.408 e. The molecule has 0 unspecified atom stereocenters. The van der Waals surface area contributed by atoms with Crippen molar-refractivity contribution in [2.75, 3.05) is 7.11 Å². The molecular formula is C22H26N2O7. The number of phenolic OH excluding ortho intramolecular Hbond substituents is 1. The van der Waals surface area contributed by atoms with Crippen molar-refractivity contribution in [2.24, 2.45) is 0 Å². The number of hydrogen-bond donors (Lipinski definition) is 4. The maximum absolute atomic E-state index is 12.8. The zero-order chi connectivity index (χ0) is 22.8. The van der Waals surface area contributed by atoms with Crippen molar-refractivity contribution in [3.63, 3.8) is 0 Å². The van der Waals surface area contributed by atoms with E-state index in [0.717, 1.165) is 12.7 Å². The minimum absolute atomic E-state index is 0.0126. The lowest BCUT2D eigenvalue weighted by molar-refractivity contribution is -0.148. The van der Waals surface area contributed by atoms with Crippen molar-refractivity contribution < 1.29 is 34.1 Å². The van der Waals surface area contributed by atoms with Gasteiger partial charge in [-0.05, 0) is 30.2 Å². The summed E-state index contributed by atoms with van der Waals surface area (Å²) in [6.45, 7) is 1.34. The van der Waals surface area contributed by atoms with E-state index in [1.807, 2.05) is 6.07 Å². The fraction of sp³-hybridized carbons (Fsp3) is 0.318. The lowest BCUT2D eigenvalue weighted by atomic mass is 10.0. The third-order valence-corrected chi connectivity index (χ3v) is 4.43. The molecule has 0 spiro atoms. The molecular weight excluding hydrogens is 404 g/mol. The lowest BCUT2D eigenvalue weighted by Gasteiger charge is -2.23. The molecule has 0 saturated heterocycles. The summed E-state index contributed by atoms with van der Waals surface area (Å²) in [6.07, 6.45) is -1.98. The standard InChI is InChI=1S/C22H26N2O7/c1-14(25)19(21(28)30-2)24-20(27)18(12-15-8-10-17(26)11-9-15)23-22(29)31-13-16-6-4-3-5-7-16/h3-11,14,18-19,25-26H,12-13H2,1-2H3,(H,23,29)(H,24,27)/t14-,18-,19+/m1/s1. The number of amides is 2. The molecule has 0 bridgehead atoms. The number of aromatic hydroxyl groups is 1. The van der Waals surface area contributed by atoms with Crippen LogP contribution in [-0.4, -0.2) is 53.5 Å². The Morgan fingerprint density at radius 1 is 0.968 bits per heavy atom. The molecule has 9 heteroatoms. The second kappa shape index (κ2) is 11.6. The minimum atomic E-state index is -1.30. The molecule has 3 atom stereocenters. The molecule has 2 aromatic carbocycles. The Hall–Kier alpha value is -3.59. The first-order valence-electron chi connectivity index (χ1n) is 9.61. The van der Waals surface area contributed by atoms with E-state index in [2.05, 4.69) is 15.4 Å². The van der Waals surface area contributed by atoms with E-state index >= 15 is 0 Å². The Morgan fingerprint density at radius 3 is 2.19 bits per heavy atom. The van der Waals surface area contributed by atoms with E-state index in [-0.39, 0.29) is 18.8 Å². The highest BCUT2D eigenvalue weighted by molar-refractivity contribution is 5.90. The van der Waals surface area contributed by atoms with Gasteiger partial charge in [0.1, 0.15) is 18.4 Å². The lowest BCUT2D eigenvalue weighted by Crippen LogP contribution is -2.55. The van der Waals surface area contributed by atoms with Gasteiger partial charge in [0, 0.05) is 6.42 Å². The van der Waals surface area contributed by atoms with Gasteiger partial charge in [0.05, 0.1) is 13.2 Å². The molecule has 0 aromatic heterocycles. The van der Waals surface area contributed by atoms with Gasteiger partial charge in [-0.2, -0.15) is 0 Å². The molecule has 0 aliphatic carbocycles. The summed E-state index contributed by atoms with van der Waals surface area (Å²) >= 11 is 0. The van der Waals surface area contributed by atoms with Crippen LogP contribution in [-0.2, 0) is 32.1 Å². The molecule has 0 aliphatic rings. The highest BCUT2D eigenvalue weighted by atomic mass is 16.5. The fourth-order valence-corrected chi connectivity index (χ4v) is 2.74.